The first kappa shape index (κ1) is 23.0. The first-order chi connectivity index (χ1) is 14.7. The van der Waals surface area contributed by atoms with E-state index in [2.05, 4.69) is 10.6 Å². The zero-order chi connectivity index (χ0) is 22.6. The van der Waals surface area contributed by atoms with Gasteiger partial charge < -0.3 is 10.6 Å². The van der Waals surface area contributed by atoms with E-state index in [0.29, 0.717) is 29.9 Å². The predicted molar refractivity (Wildman–Crippen MR) is 121 cm³/mol. The van der Waals surface area contributed by atoms with Gasteiger partial charge in [-0.1, -0.05) is 18.6 Å². The van der Waals surface area contributed by atoms with Gasteiger partial charge in [-0.3, -0.25) is 9.59 Å². The number of amides is 2. The molecule has 7 nitrogen and oxygen atoms in total. The van der Waals surface area contributed by atoms with Gasteiger partial charge in [-0.15, -0.1) is 0 Å². The SMILES string of the molecule is CCNC(=O)c1cccc(NC(=O)c2cc(S(=O)(=O)N3CCCCC3C)ccc2C)c1. The van der Waals surface area contributed by atoms with Crippen LogP contribution in [-0.2, 0) is 10.0 Å². The molecule has 0 aromatic heterocycles. The largest absolute Gasteiger partial charge is 0.352 e. The van der Waals surface area contributed by atoms with E-state index in [1.807, 2.05) is 13.8 Å². The number of anilines is 1. The van der Waals surface area contributed by atoms with Crippen LogP contribution >= 0.6 is 0 Å². The normalized spacial score (nSPS) is 17.2. The van der Waals surface area contributed by atoms with Gasteiger partial charge in [0.15, 0.2) is 0 Å². The first-order valence-corrected chi connectivity index (χ1v) is 12.0. The van der Waals surface area contributed by atoms with E-state index < -0.39 is 15.9 Å². The fourth-order valence-corrected chi connectivity index (χ4v) is 5.50. The highest BCUT2D eigenvalue weighted by Gasteiger charge is 2.31. The van der Waals surface area contributed by atoms with Crippen molar-refractivity contribution in [2.75, 3.05) is 18.4 Å². The Morgan fingerprint density at radius 2 is 1.87 bits per heavy atom. The maximum absolute atomic E-state index is 13.2. The molecule has 2 aromatic carbocycles. The number of benzene rings is 2. The standard InChI is InChI=1S/C23H29N3O4S/c1-4-24-22(27)18-9-7-10-19(14-18)25-23(28)21-15-20(12-11-16(21)2)31(29,30)26-13-6-5-8-17(26)3/h7,9-12,14-15,17H,4-6,8,13H2,1-3H3,(H,24,27)(H,25,28). The average Bonchev–Trinajstić information content (AvgIpc) is 2.74. The molecule has 0 spiro atoms. The topological polar surface area (TPSA) is 95.6 Å². The summed E-state index contributed by atoms with van der Waals surface area (Å²) in [5.74, 6) is -0.646. The van der Waals surface area contributed by atoms with Crippen molar-refractivity contribution < 1.29 is 18.0 Å². The summed E-state index contributed by atoms with van der Waals surface area (Å²) in [5.41, 5.74) is 1.86. The molecule has 2 N–H and O–H groups in total. The second-order valence-electron chi connectivity index (χ2n) is 7.83. The molecule has 3 rings (SSSR count). The van der Waals surface area contributed by atoms with Crippen molar-refractivity contribution in [1.82, 2.24) is 9.62 Å². The van der Waals surface area contributed by atoms with E-state index in [1.54, 1.807) is 43.3 Å². The van der Waals surface area contributed by atoms with Crippen LogP contribution in [0.25, 0.3) is 0 Å². The fraction of sp³-hybridized carbons (Fsp3) is 0.391. The average molecular weight is 444 g/mol. The van der Waals surface area contributed by atoms with E-state index >= 15 is 0 Å². The lowest BCUT2D eigenvalue weighted by molar-refractivity contribution is 0.0954. The third kappa shape index (κ3) is 5.14. The summed E-state index contributed by atoms with van der Waals surface area (Å²) in [6.07, 6.45) is 2.69. The Morgan fingerprint density at radius 3 is 2.58 bits per heavy atom. The monoisotopic (exact) mass is 443 g/mol. The molecule has 1 fully saturated rings. The second-order valence-corrected chi connectivity index (χ2v) is 9.72. The summed E-state index contributed by atoms with van der Waals surface area (Å²) in [7, 11) is -3.68. The lowest BCUT2D eigenvalue weighted by Gasteiger charge is -2.32. The van der Waals surface area contributed by atoms with Crippen molar-refractivity contribution in [1.29, 1.82) is 0 Å². The molecule has 2 aromatic rings. The number of carbonyl (C=O) groups is 2. The van der Waals surface area contributed by atoms with Gasteiger partial charge in [0.05, 0.1) is 4.90 Å². The number of nitrogens with zero attached hydrogens (tertiary/aromatic N) is 1. The number of carbonyl (C=O) groups excluding carboxylic acids is 2. The molecule has 1 saturated heterocycles. The fourth-order valence-electron chi connectivity index (χ4n) is 3.77. The number of piperidine rings is 1. The lowest BCUT2D eigenvalue weighted by atomic mass is 10.1. The second kappa shape index (κ2) is 9.62. The minimum atomic E-state index is -3.68. The van der Waals surface area contributed by atoms with Gasteiger partial charge in [0.1, 0.15) is 0 Å². The van der Waals surface area contributed by atoms with E-state index in [4.69, 9.17) is 0 Å². The van der Waals surface area contributed by atoms with Crippen molar-refractivity contribution in [2.24, 2.45) is 0 Å². The molecule has 0 radical (unpaired) electrons. The molecule has 31 heavy (non-hydrogen) atoms. The predicted octanol–water partition coefficient (Wildman–Crippen LogP) is 3.56. The maximum atomic E-state index is 13.2. The van der Waals surface area contributed by atoms with Crippen molar-refractivity contribution in [3.05, 3.63) is 59.2 Å². The maximum Gasteiger partial charge on any atom is 0.255 e. The van der Waals surface area contributed by atoms with Crippen LogP contribution in [0.2, 0.25) is 0 Å². The van der Waals surface area contributed by atoms with Crippen LogP contribution in [0.5, 0.6) is 0 Å². The van der Waals surface area contributed by atoms with Gasteiger partial charge in [0.2, 0.25) is 10.0 Å². The quantitative estimate of drug-likeness (QED) is 0.714. The molecular formula is C23H29N3O4S. The molecule has 166 valence electrons. The number of hydrogen-bond acceptors (Lipinski definition) is 4. The number of nitrogens with one attached hydrogen (secondary N) is 2. The molecule has 0 aliphatic carbocycles. The summed E-state index contributed by atoms with van der Waals surface area (Å²) in [5, 5.41) is 5.49. The van der Waals surface area contributed by atoms with Crippen LogP contribution < -0.4 is 10.6 Å². The number of sulfonamides is 1. The summed E-state index contributed by atoms with van der Waals surface area (Å²) in [6.45, 7) is 6.51. The highest BCUT2D eigenvalue weighted by Crippen LogP contribution is 2.26. The zero-order valence-corrected chi connectivity index (χ0v) is 19.0. The molecule has 1 heterocycles. The van der Waals surface area contributed by atoms with Crippen molar-refractivity contribution >= 4 is 27.5 Å². The smallest absolute Gasteiger partial charge is 0.255 e. The van der Waals surface area contributed by atoms with E-state index in [1.165, 1.54) is 10.4 Å². The van der Waals surface area contributed by atoms with Crippen LogP contribution in [0.3, 0.4) is 0 Å². The zero-order valence-electron chi connectivity index (χ0n) is 18.1. The van der Waals surface area contributed by atoms with Crippen molar-refractivity contribution in [2.45, 2.75) is 51.0 Å². The first-order valence-electron chi connectivity index (χ1n) is 10.6. The molecule has 1 aliphatic heterocycles. The summed E-state index contributed by atoms with van der Waals surface area (Å²) < 4.78 is 27.9. The Kier molecular flexibility index (Phi) is 7.12. The molecule has 0 bridgehead atoms. The minimum absolute atomic E-state index is 0.0608. The van der Waals surface area contributed by atoms with E-state index in [0.717, 1.165) is 19.3 Å². The molecule has 8 heteroatoms. The van der Waals surface area contributed by atoms with E-state index in [9.17, 15) is 18.0 Å². The van der Waals surface area contributed by atoms with Crippen molar-refractivity contribution in [3.8, 4) is 0 Å². The van der Waals surface area contributed by atoms with Crippen LogP contribution in [-0.4, -0.2) is 43.7 Å². The molecule has 2 amide bonds. The molecule has 0 saturated carbocycles. The van der Waals surface area contributed by atoms with Gasteiger partial charge >= 0.3 is 0 Å². The summed E-state index contributed by atoms with van der Waals surface area (Å²) >= 11 is 0. The minimum Gasteiger partial charge on any atom is -0.352 e. The van der Waals surface area contributed by atoms with Gasteiger partial charge in [-0.05, 0) is 69.5 Å². The Balaban J connectivity index is 1.86. The Morgan fingerprint density at radius 1 is 1.10 bits per heavy atom. The Labute approximate surface area is 183 Å². The van der Waals surface area contributed by atoms with Gasteiger partial charge in [-0.2, -0.15) is 4.31 Å². The molecule has 1 atom stereocenters. The van der Waals surface area contributed by atoms with Gasteiger partial charge in [-0.25, -0.2) is 8.42 Å². The summed E-state index contributed by atoms with van der Waals surface area (Å²) in [6, 6.07) is 11.2. The van der Waals surface area contributed by atoms with Gasteiger partial charge in [0.25, 0.3) is 11.8 Å². The number of hydrogen-bond donors (Lipinski definition) is 2. The highest BCUT2D eigenvalue weighted by atomic mass is 32.2. The lowest BCUT2D eigenvalue weighted by Crippen LogP contribution is -2.42. The van der Waals surface area contributed by atoms with Crippen LogP contribution in [0.4, 0.5) is 5.69 Å². The third-order valence-electron chi connectivity index (χ3n) is 5.52. The number of rotatable bonds is 6. The Hall–Kier alpha value is -2.71. The highest BCUT2D eigenvalue weighted by molar-refractivity contribution is 7.89. The van der Waals surface area contributed by atoms with Crippen LogP contribution in [0, 0.1) is 6.92 Å². The molecular weight excluding hydrogens is 414 g/mol. The third-order valence-corrected chi connectivity index (χ3v) is 7.53. The molecule has 1 aliphatic rings. The Bertz CT molecular complexity index is 1080. The van der Waals surface area contributed by atoms with Gasteiger partial charge in [0, 0.05) is 35.9 Å². The van der Waals surface area contributed by atoms with Crippen molar-refractivity contribution in [3.63, 3.8) is 0 Å². The molecule has 1 unspecified atom stereocenters. The number of aryl methyl sites for hydroxylation is 1. The van der Waals surface area contributed by atoms with E-state index in [-0.39, 0.29) is 22.4 Å². The van der Waals surface area contributed by atoms with Crippen LogP contribution in [0.15, 0.2) is 47.4 Å². The summed E-state index contributed by atoms with van der Waals surface area (Å²) in [4.78, 5) is 25.1. The van der Waals surface area contributed by atoms with Crippen LogP contribution in [0.1, 0.15) is 59.4 Å².